The second-order valence-corrected chi connectivity index (χ2v) is 16.2. The largest absolute Gasteiger partial charge is 0.493 e. The summed E-state index contributed by atoms with van der Waals surface area (Å²) in [6.45, 7) is 10.3. The lowest BCUT2D eigenvalue weighted by atomic mass is 9.97. The summed E-state index contributed by atoms with van der Waals surface area (Å²) >= 11 is 2.29. The van der Waals surface area contributed by atoms with E-state index in [2.05, 4.69) is 71.1 Å². The van der Waals surface area contributed by atoms with Crippen LogP contribution in [0.3, 0.4) is 0 Å². The maximum Gasteiger partial charge on any atom is 0.460 e. The van der Waals surface area contributed by atoms with Gasteiger partial charge >= 0.3 is 23.9 Å². The monoisotopic (exact) mass is 1000 g/mol. The molecule has 0 unspecified atom stereocenters. The molecule has 0 saturated carbocycles. The number of unbranched alkanes of at least 4 members (excludes halogenated alkanes) is 2. The topological polar surface area (TPSA) is 46.4 Å². The second kappa shape index (κ2) is 23.4. The average Bonchev–Trinajstić information content (AvgIpc) is 3.25. The molecule has 0 aromatic heterocycles. The molecule has 0 saturated heterocycles. The van der Waals surface area contributed by atoms with Gasteiger partial charge in [-0.25, -0.2) is 0 Å². The van der Waals surface area contributed by atoms with Crippen molar-refractivity contribution in [1.82, 2.24) is 5.01 Å². The Labute approximate surface area is 377 Å². The number of halogens is 10. The van der Waals surface area contributed by atoms with Crippen LogP contribution in [0.4, 0.5) is 45.2 Å². The zero-order valence-corrected chi connectivity index (χ0v) is 37.9. The third kappa shape index (κ3) is 14.2. The van der Waals surface area contributed by atoms with Crippen molar-refractivity contribution in [1.29, 1.82) is 0 Å². The van der Waals surface area contributed by atoms with E-state index in [1.165, 1.54) is 24.3 Å². The predicted molar refractivity (Wildman–Crippen MR) is 241 cm³/mol. The van der Waals surface area contributed by atoms with E-state index in [-0.39, 0.29) is 12.1 Å². The number of benzene rings is 4. The Morgan fingerprint density at radius 2 is 1.17 bits per heavy atom. The number of ether oxygens (including phenoxy) is 2. The van der Waals surface area contributed by atoms with E-state index in [1.807, 2.05) is 68.5 Å². The minimum Gasteiger partial charge on any atom is -0.493 e. The van der Waals surface area contributed by atoms with E-state index in [0.717, 1.165) is 68.6 Å². The van der Waals surface area contributed by atoms with Crippen molar-refractivity contribution in [3.63, 3.8) is 0 Å². The van der Waals surface area contributed by atoms with Crippen LogP contribution in [0.2, 0.25) is 0 Å². The van der Waals surface area contributed by atoms with Crippen molar-refractivity contribution < 1.29 is 49.0 Å². The van der Waals surface area contributed by atoms with Crippen LogP contribution in [0, 0.1) is 3.57 Å². The number of nitrogens with zero attached hydrogens (tertiary/aromatic N) is 3. The Morgan fingerprint density at radius 1 is 0.619 bits per heavy atom. The number of hydrogen-bond acceptors (Lipinski definition) is 4. The number of rotatable bonds is 24. The van der Waals surface area contributed by atoms with Crippen LogP contribution >= 0.6 is 22.6 Å². The number of hydrogen-bond donors (Lipinski definition) is 0. The lowest BCUT2D eigenvalue weighted by Gasteiger charge is -2.33. The van der Waals surface area contributed by atoms with Crippen molar-refractivity contribution in [2.24, 2.45) is 10.3 Å². The first kappa shape index (κ1) is 51.1. The molecular weight excluding hydrogens is 948 g/mol. The summed E-state index contributed by atoms with van der Waals surface area (Å²) in [5, 5.41) is 10.6. The van der Waals surface area contributed by atoms with Gasteiger partial charge in [0.15, 0.2) is 0 Å². The van der Waals surface area contributed by atoms with Gasteiger partial charge in [0.2, 0.25) is 0 Å². The van der Waals surface area contributed by atoms with Gasteiger partial charge in [-0.05, 0) is 112 Å². The highest BCUT2D eigenvalue weighted by Gasteiger charge is 2.81. The standard InChI is InChI=1S/C48H53F9IN3O2/c1-5-9-28-62-43-32-41(58)44(63-29-10-6-2)31-40(43)23-21-35-13-11-34(12-14-35)15-18-37-22-24-42(39(8-4)30-37)59-60-61(27-7-3)33-38-19-16-36(17-20-38)25-26-45(49,50)46(51,52)47(53,54)48(55,56)57/h11-24,30-32H,5-10,25-29,33H2,1-4H3/b18-15+,23-21+,60-59?. The van der Waals surface area contributed by atoms with E-state index >= 15 is 0 Å². The van der Waals surface area contributed by atoms with Crippen LogP contribution < -0.4 is 9.47 Å². The fraction of sp³-hybridized carbons (Fsp3) is 0.417. The van der Waals surface area contributed by atoms with Gasteiger partial charge in [0.05, 0.1) is 29.0 Å². The van der Waals surface area contributed by atoms with Crippen molar-refractivity contribution in [3.05, 3.63) is 121 Å². The van der Waals surface area contributed by atoms with Gasteiger partial charge in [-0.2, -0.15) is 39.5 Å². The Kier molecular flexibility index (Phi) is 19.0. The molecular formula is C48H53F9IN3O2. The predicted octanol–water partition coefficient (Wildman–Crippen LogP) is 15.9. The summed E-state index contributed by atoms with van der Waals surface area (Å²) in [4.78, 5) is 0. The molecule has 0 aliphatic carbocycles. The van der Waals surface area contributed by atoms with Gasteiger partial charge in [-0.15, -0.1) is 5.11 Å². The van der Waals surface area contributed by atoms with Crippen LogP contribution in [0.15, 0.2) is 89.2 Å². The van der Waals surface area contributed by atoms with Gasteiger partial charge in [-0.1, -0.05) is 125 Å². The van der Waals surface area contributed by atoms with Crippen LogP contribution in [-0.2, 0) is 19.4 Å². The fourth-order valence-electron chi connectivity index (χ4n) is 6.17. The van der Waals surface area contributed by atoms with Crippen LogP contribution in [0.1, 0.15) is 105 Å². The zero-order chi connectivity index (χ0) is 46.3. The third-order valence-electron chi connectivity index (χ3n) is 10.0. The lowest BCUT2D eigenvalue weighted by molar-refractivity contribution is -0.396. The maximum atomic E-state index is 14.0. The highest BCUT2D eigenvalue weighted by Crippen LogP contribution is 2.54. The molecule has 0 spiro atoms. The molecule has 63 heavy (non-hydrogen) atoms. The molecule has 15 heteroatoms. The highest BCUT2D eigenvalue weighted by molar-refractivity contribution is 14.1. The van der Waals surface area contributed by atoms with Crippen LogP contribution in [-0.4, -0.2) is 48.7 Å². The number of aryl methyl sites for hydroxylation is 2. The van der Waals surface area contributed by atoms with E-state index in [4.69, 9.17) is 9.47 Å². The highest BCUT2D eigenvalue weighted by atomic mass is 127. The summed E-state index contributed by atoms with van der Waals surface area (Å²) in [7, 11) is 0. The zero-order valence-electron chi connectivity index (χ0n) is 35.7. The molecule has 0 amide bonds. The fourth-order valence-corrected chi connectivity index (χ4v) is 6.76. The molecule has 4 aromatic carbocycles. The minimum atomic E-state index is -6.90. The quantitative estimate of drug-likeness (QED) is 0.0175. The van der Waals surface area contributed by atoms with E-state index < -0.39 is 36.8 Å². The Hall–Kier alpha value is -4.54. The summed E-state index contributed by atoms with van der Waals surface area (Å²) in [6.07, 6.45) is 4.01. The number of alkyl halides is 9. The molecule has 0 fully saturated rings. The summed E-state index contributed by atoms with van der Waals surface area (Å²) in [5.74, 6) is -17.5. The normalized spacial score (nSPS) is 12.9. The molecule has 4 aromatic rings. The molecule has 0 bridgehead atoms. The first-order chi connectivity index (χ1) is 29.8. The molecule has 0 heterocycles. The first-order valence-electron chi connectivity index (χ1n) is 21.0. The first-order valence-corrected chi connectivity index (χ1v) is 22.1. The molecule has 0 N–H and O–H groups in total. The van der Waals surface area contributed by atoms with Crippen molar-refractivity contribution in [3.8, 4) is 11.5 Å². The molecule has 4 rings (SSSR count). The molecule has 342 valence electrons. The lowest BCUT2D eigenvalue weighted by Crippen LogP contribution is -2.60. The van der Waals surface area contributed by atoms with Crippen molar-refractivity contribution in [2.75, 3.05) is 19.8 Å². The SMILES string of the molecule is CCCCOc1cc(/C=C/c2ccc(/C=C/c3ccc(N=NN(CCC)Cc4ccc(CCC(F)(F)C(F)(F)C(F)(F)C(F)(F)F)cc4)c(CC)c3)cc2)c(OCCCC)cc1I. The van der Waals surface area contributed by atoms with E-state index in [0.29, 0.717) is 43.9 Å². The summed E-state index contributed by atoms with van der Waals surface area (Å²) < 4.78 is 133. The van der Waals surface area contributed by atoms with E-state index in [9.17, 15) is 39.5 Å². The molecule has 0 aliphatic rings. The van der Waals surface area contributed by atoms with Gasteiger partial charge in [0, 0.05) is 18.5 Å². The van der Waals surface area contributed by atoms with Gasteiger partial charge in [0.25, 0.3) is 0 Å². The second-order valence-electron chi connectivity index (χ2n) is 15.0. The van der Waals surface area contributed by atoms with Crippen molar-refractivity contribution >= 4 is 52.6 Å². The van der Waals surface area contributed by atoms with Crippen LogP contribution in [0.5, 0.6) is 11.5 Å². The Balaban J connectivity index is 1.39. The van der Waals surface area contributed by atoms with Gasteiger partial charge in [0.1, 0.15) is 11.5 Å². The van der Waals surface area contributed by atoms with E-state index in [1.54, 1.807) is 5.01 Å². The Bertz CT molecular complexity index is 2140. The molecule has 0 atom stereocenters. The third-order valence-corrected chi connectivity index (χ3v) is 10.8. The van der Waals surface area contributed by atoms with Crippen LogP contribution in [0.25, 0.3) is 24.3 Å². The smallest absolute Gasteiger partial charge is 0.460 e. The maximum absolute atomic E-state index is 14.0. The molecule has 5 nitrogen and oxygen atoms in total. The summed E-state index contributed by atoms with van der Waals surface area (Å²) in [5.41, 5.74) is 6.33. The van der Waals surface area contributed by atoms with Gasteiger partial charge in [-0.3, -0.25) is 5.01 Å². The minimum absolute atomic E-state index is 0.0581. The van der Waals surface area contributed by atoms with Gasteiger partial charge < -0.3 is 9.47 Å². The van der Waals surface area contributed by atoms with Crippen molar-refractivity contribution in [2.45, 2.75) is 110 Å². The molecule has 0 radical (unpaired) electrons. The molecule has 0 aliphatic heterocycles. The summed E-state index contributed by atoms with van der Waals surface area (Å²) in [6, 6.07) is 23.8. The Morgan fingerprint density at radius 3 is 1.75 bits per heavy atom. The average molecular weight is 1000 g/mol.